The van der Waals surface area contributed by atoms with Crippen molar-refractivity contribution in [2.24, 2.45) is 0 Å². The van der Waals surface area contributed by atoms with Gasteiger partial charge in [-0.25, -0.2) is 4.98 Å². The van der Waals surface area contributed by atoms with Crippen LogP contribution in [0.25, 0.3) is 22.0 Å². The van der Waals surface area contributed by atoms with Gasteiger partial charge in [-0.05, 0) is 29.1 Å². The molecule has 0 aliphatic heterocycles. The molecule has 5 nitrogen and oxygen atoms in total. The normalized spacial score (nSPS) is 10.5. The van der Waals surface area contributed by atoms with E-state index in [-0.39, 0.29) is 11.6 Å². The molecule has 27 heavy (non-hydrogen) atoms. The van der Waals surface area contributed by atoms with Gasteiger partial charge in [-0.2, -0.15) is 0 Å². The number of para-hydroxylation sites is 1. The van der Waals surface area contributed by atoms with Crippen LogP contribution in [0.3, 0.4) is 0 Å². The largest absolute Gasteiger partial charge is 0.288 e. The van der Waals surface area contributed by atoms with Crippen molar-refractivity contribution in [3.05, 3.63) is 88.7 Å². The zero-order chi connectivity index (χ0) is 18.6. The molecule has 0 atom stereocenters. The van der Waals surface area contributed by atoms with E-state index in [0.29, 0.717) is 4.88 Å². The van der Waals surface area contributed by atoms with E-state index in [1.54, 1.807) is 6.07 Å². The van der Waals surface area contributed by atoms with E-state index in [1.807, 2.05) is 72.1 Å². The quantitative estimate of drug-likeness (QED) is 0.533. The molecular weight excluding hydrogens is 358 g/mol. The number of rotatable bonds is 3. The summed E-state index contributed by atoms with van der Waals surface area (Å²) in [6.45, 7) is 0. The fraction of sp³-hybridized carbons (Fsp3) is 0. The second-order valence-corrected chi connectivity index (χ2v) is 6.74. The topological polar surface area (TPSA) is 71.1 Å². The predicted molar refractivity (Wildman–Crippen MR) is 106 cm³/mol. The standard InChI is InChI=1S/C21H15N3O2S/c25-20(18-11-10-15-8-4-5-9-17(15)22-18)23-24-21(26)19-16(12-13-27-19)14-6-2-1-3-7-14/h1-13H,(H,23,25)(H,24,26). The number of hydrogen-bond donors (Lipinski definition) is 2. The second-order valence-electron chi connectivity index (χ2n) is 5.83. The van der Waals surface area contributed by atoms with Crippen LogP contribution in [-0.4, -0.2) is 16.8 Å². The number of carbonyl (C=O) groups excluding carboxylic acids is 2. The Hall–Kier alpha value is -3.51. The summed E-state index contributed by atoms with van der Waals surface area (Å²) in [5, 5.41) is 2.80. The Morgan fingerprint density at radius 1 is 0.778 bits per heavy atom. The number of amides is 2. The highest BCUT2D eigenvalue weighted by atomic mass is 32.1. The molecule has 0 fully saturated rings. The number of hydrazine groups is 1. The Morgan fingerprint density at radius 3 is 2.37 bits per heavy atom. The fourth-order valence-electron chi connectivity index (χ4n) is 2.76. The molecule has 0 saturated carbocycles. The molecule has 2 aromatic heterocycles. The van der Waals surface area contributed by atoms with Crippen molar-refractivity contribution in [3.63, 3.8) is 0 Å². The molecule has 0 saturated heterocycles. The van der Waals surface area contributed by atoms with Crippen LogP contribution in [-0.2, 0) is 0 Å². The molecule has 2 heterocycles. The van der Waals surface area contributed by atoms with Crippen molar-refractivity contribution in [3.8, 4) is 11.1 Å². The molecule has 4 rings (SSSR count). The zero-order valence-electron chi connectivity index (χ0n) is 14.2. The highest BCUT2D eigenvalue weighted by Gasteiger charge is 2.16. The lowest BCUT2D eigenvalue weighted by Crippen LogP contribution is -2.41. The molecule has 0 bridgehead atoms. The number of hydrogen-bond acceptors (Lipinski definition) is 4. The van der Waals surface area contributed by atoms with Gasteiger partial charge in [-0.3, -0.25) is 20.4 Å². The first-order chi connectivity index (χ1) is 13.2. The maximum atomic E-state index is 12.5. The maximum absolute atomic E-state index is 12.5. The minimum atomic E-state index is -0.466. The van der Waals surface area contributed by atoms with E-state index >= 15 is 0 Å². The third-order valence-electron chi connectivity index (χ3n) is 4.08. The van der Waals surface area contributed by atoms with Gasteiger partial charge in [0.05, 0.1) is 5.52 Å². The summed E-state index contributed by atoms with van der Waals surface area (Å²) < 4.78 is 0. The van der Waals surface area contributed by atoms with Crippen LogP contribution in [0.5, 0.6) is 0 Å². The third kappa shape index (κ3) is 3.56. The molecule has 0 unspecified atom stereocenters. The van der Waals surface area contributed by atoms with Crippen LogP contribution in [0.15, 0.2) is 78.2 Å². The lowest BCUT2D eigenvalue weighted by molar-refractivity contribution is 0.0846. The van der Waals surface area contributed by atoms with Crippen molar-refractivity contribution in [1.82, 2.24) is 15.8 Å². The van der Waals surface area contributed by atoms with Gasteiger partial charge in [0.15, 0.2) is 0 Å². The second kappa shape index (κ2) is 7.39. The monoisotopic (exact) mass is 373 g/mol. The lowest BCUT2D eigenvalue weighted by Gasteiger charge is -2.08. The fourth-order valence-corrected chi connectivity index (χ4v) is 3.57. The van der Waals surface area contributed by atoms with Crippen molar-refractivity contribution in [2.45, 2.75) is 0 Å². The van der Waals surface area contributed by atoms with Crippen LogP contribution < -0.4 is 10.9 Å². The van der Waals surface area contributed by atoms with Crippen LogP contribution in [0, 0.1) is 0 Å². The minimum absolute atomic E-state index is 0.239. The highest BCUT2D eigenvalue weighted by molar-refractivity contribution is 7.12. The molecular formula is C21H15N3O2S. The Balaban J connectivity index is 1.48. The number of nitrogens with one attached hydrogen (secondary N) is 2. The summed E-state index contributed by atoms with van der Waals surface area (Å²) >= 11 is 1.32. The van der Waals surface area contributed by atoms with Crippen LogP contribution in [0.2, 0.25) is 0 Å². The predicted octanol–water partition coefficient (Wildman–Crippen LogP) is 4.04. The maximum Gasteiger partial charge on any atom is 0.288 e. The van der Waals surface area contributed by atoms with Crippen LogP contribution in [0.1, 0.15) is 20.2 Å². The molecule has 2 aromatic carbocycles. The van der Waals surface area contributed by atoms with E-state index in [2.05, 4.69) is 15.8 Å². The Morgan fingerprint density at radius 2 is 1.52 bits per heavy atom. The Kier molecular flexibility index (Phi) is 4.63. The molecule has 4 aromatic rings. The number of pyridine rings is 1. The van der Waals surface area contributed by atoms with Gasteiger partial charge in [0.1, 0.15) is 10.6 Å². The van der Waals surface area contributed by atoms with Crippen molar-refractivity contribution in [2.75, 3.05) is 0 Å². The first-order valence-corrected chi connectivity index (χ1v) is 9.20. The van der Waals surface area contributed by atoms with E-state index in [0.717, 1.165) is 22.0 Å². The molecule has 6 heteroatoms. The van der Waals surface area contributed by atoms with E-state index in [1.165, 1.54) is 11.3 Å². The average Bonchev–Trinajstić information content (AvgIpc) is 3.22. The van der Waals surface area contributed by atoms with Crippen molar-refractivity contribution < 1.29 is 9.59 Å². The van der Waals surface area contributed by atoms with Gasteiger partial charge >= 0.3 is 0 Å². The van der Waals surface area contributed by atoms with Gasteiger partial charge in [-0.15, -0.1) is 11.3 Å². The van der Waals surface area contributed by atoms with Crippen molar-refractivity contribution in [1.29, 1.82) is 0 Å². The minimum Gasteiger partial charge on any atom is -0.266 e. The lowest BCUT2D eigenvalue weighted by atomic mass is 10.1. The summed E-state index contributed by atoms with van der Waals surface area (Å²) in [5.74, 6) is -0.829. The van der Waals surface area contributed by atoms with E-state index in [4.69, 9.17) is 0 Å². The summed E-state index contributed by atoms with van der Waals surface area (Å²) in [5.41, 5.74) is 7.65. The number of nitrogens with zero attached hydrogens (tertiary/aromatic N) is 1. The smallest absolute Gasteiger partial charge is 0.266 e. The number of aromatic nitrogens is 1. The van der Waals surface area contributed by atoms with Gasteiger partial charge in [0.2, 0.25) is 0 Å². The number of fused-ring (bicyclic) bond motifs is 1. The molecule has 0 radical (unpaired) electrons. The van der Waals surface area contributed by atoms with E-state index in [9.17, 15) is 9.59 Å². The van der Waals surface area contributed by atoms with E-state index < -0.39 is 5.91 Å². The SMILES string of the molecule is O=C(NNC(=O)c1sccc1-c1ccccc1)c1ccc2ccccc2n1. The molecule has 0 aliphatic rings. The number of carbonyl (C=O) groups is 2. The molecule has 0 aliphatic carbocycles. The summed E-state index contributed by atoms with van der Waals surface area (Å²) in [6.07, 6.45) is 0. The number of thiophene rings is 1. The zero-order valence-corrected chi connectivity index (χ0v) is 15.0. The van der Waals surface area contributed by atoms with Crippen LogP contribution in [0.4, 0.5) is 0 Å². The Labute approximate surface area is 159 Å². The summed E-state index contributed by atoms with van der Waals surface area (Å²) in [4.78, 5) is 29.7. The average molecular weight is 373 g/mol. The molecule has 132 valence electrons. The molecule has 2 N–H and O–H groups in total. The summed E-state index contributed by atoms with van der Waals surface area (Å²) in [7, 11) is 0. The first-order valence-electron chi connectivity index (χ1n) is 8.32. The first kappa shape index (κ1) is 16.9. The van der Waals surface area contributed by atoms with Gasteiger partial charge in [0.25, 0.3) is 11.8 Å². The van der Waals surface area contributed by atoms with Crippen molar-refractivity contribution >= 4 is 34.1 Å². The van der Waals surface area contributed by atoms with Crippen LogP contribution >= 0.6 is 11.3 Å². The van der Waals surface area contributed by atoms with Gasteiger partial charge in [0, 0.05) is 10.9 Å². The van der Waals surface area contributed by atoms with Gasteiger partial charge in [-0.1, -0.05) is 54.6 Å². The Bertz CT molecular complexity index is 1120. The highest BCUT2D eigenvalue weighted by Crippen LogP contribution is 2.27. The third-order valence-corrected chi connectivity index (χ3v) is 4.99. The molecule has 0 spiro atoms. The summed E-state index contributed by atoms with van der Waals surface area (Å²) in [6, 6.07) is 22.5. The van der Waals surface area contributed by atoms with Gasteiger partial charge < -0.3 is 0 Å². The molecule has 2 amide bonds. The number of benzene rings is 2.